The molecule has 0 bridgehead atoms. The Morgan fingerprint density at radius 1 is 0.914 bits per heavy atom. The van der Waals surface area contributed by atoms with E-state index in [2.05, 4.69) is 36.8 Å². The van der Waals surface area contributed by atoms with Gasteiger partial charge < -0.3 is 15.5 Å². The van der Waals surface area contributed by atoms with Gasteiger partial charge in [-0.1, -0.05) is 18.2 Å². The second-order valence-corrected chi connectivity index (χ2v) is 9.22. The fraction of sp³-hybridized carbons (Fsp3) is 0.259. The van der Waals surface area contributed by atoms with Gasteiger partial charge in [0.2, 0.25) is 5.91 Å². The smallest absolute Gasteiger partial charge is 0.276 e. The Balaban J connectivity index is 1.27. The van der Waals surface area contributed by atoms with Crippen molar-refractivity contribution in [2.45, 2.75) is 25.7 Å². The van der Waals surface area contributed by atoms with Crippen LogP contribution >= 0.6 is 0 Å². The highest BCUT2D eigenvalue weighted by atomic mass is 16.2. The zero-order valence-corrected chi connectivity index (χ0v) is 19.3. The molecule has 4 aromatic rings. The van der Waals surface area contributed by atoms with E-state index in [1.165, 1.54) is 12.8 Å². The van der Waals surface area contributed by atoms with Crippen LogP contribution in [0.2, 0.25) is 0 Å². The summed E-state index contributed by atoms with van der Waals surface area (Å²) in [6.45, 7) is 2.11. The number of fused-ring (bicyclic) bond motifs is 1. The lowest BCUT2D eigenvalue weighted by Crippen LogP contribution is -2.18. The van der Waals surface area contributed by atoms with Gasteiger partial charge in [0, 0.05) is 36.2 Å². The minimum absolute atomic E-state index is 0.00803. The van der Waals surface area contributed by atoms with Crippen LogP contribution in [0.4, 0.5) is 17.1 Å². The lowest BCUT2D eigenvalue weighted by molar-refractivity contribution is -0.117. The lowest BCUT2D eigenvalue weighted by Gasteiger charge is -2.17. The number of carbonyl (C=O) groups excluding carboxylic acids is 2. The number of aromatic amines is 1. The van der Waals surface area contributed by atoms with E-state index in [1.54, 1.807) is 12.1 Å². The molecule has 1 saturated heterocycles. The molecule has 0 radical (unpaired) electrons. The molecule has 2 aliphatic rings. The first-order chi connectivity index (χ1) is 17.2. The molecule has 176 valence electrons. The van der Waals surface area contributed by atoms with Gasteiger partial charge in [0.1, 0.15) is 0 Å². The van der Waals surface area contributed by atoms with E-state index >= 15 is 0 Å². The van der Waals surface area contributed by atoms with E-state index in [4.69, 9.17) is 0 Å². The molecule has 0 atom stereocenters. The highest BCUT2D eigenvalue weighted by Crippen LogP contribution is 2.32. The first-order valence-electron chi connectivity index (χ1n) is 12.1. The number of nitrogens with zero attached hydrogens (tertiary/aromatic N) is 3. The van der Waals surface area contributed by atoms with Gasteiger partial charge >= 0.3 is 0 Å². The second kappa shape index (κ2) is 8.87. The van der Waals surface area contributed by atoms with Crippen LogP contribution in [0.15, 0.2) is 60.9 Å². The maximum absolute atomic E-state index is 13.2. The Morgan fingerprint density at radius 2 is 1.69 bits per heavy atom. The van der Waals surface area contributed by atoms with Gasteiger partial charge in [0.15, 0.2) is 5.69 Å². The van der Waals surface area contributed by atoms with Crippen LogP contribution in [0.1, 0.15) is 36.2 Å². The Bertz CT molecular complexity index is 1420. The van der Waals surface area contributed by atoms with Crippen molar-refractivity contribution < 1.29 is 9.59 Å². The number of anilines is 3. The Morgan fingerprint density at radius 3 is 2.46 bits per heavy atom. The minimum Gasteiger partial charge on any atom is -0.370 e. The number of aromatic nitrogens is 3. The molecular weight excluding hydrogens is 440 g/mol. The molecule has 6 rings (SSSR count). The third-order valence-electron chi connectivity index (χ3n) is 6.69. The summed E-state index contributed by atoms with van der Waals surface area (Å²) in [5.41, 5.74) is 5.29. The van der Waals surface area contributed by atoms with E-state index in [0.717, 1.165) is 53.6 Å². The Kier molecular flexibility index (Phi) is 5.41. The van der Waals surface area contributed by atoms with Gasteiger partial charge in [-0.3, -0.25) is 19.7 Å². The molecule has 8 nitrogen and oxygen atoms in total. The summed E-state index contributed by atoms with van der Waals surface area (Å²) in [5, 5.41) is 13.8. The topological polar surface area (TPSA) is 103 Å². The molecule has 1 aliphatic carbocycles. The highest BCUT2D eigenvalue weighted by Gasteiger charge is 2.30. The monoisotopic (exact) mass is 466 g/mol. The molecule has 0 unspecified atom stereocenters. The van der Waals surface area contributed by atoms with E-state index in [0.29, 0.717) is 17.1 Å². The van der Waals surface area contributed by atoms with Crippen LogP contribution < -0.4 is 15.5 Å². The lowest BCUT2D eigenvalue weighted by atomic mass is 10.0. The van der Waals surface area contributed by atoms with Crippen molar-refractivity contribution in [3.05, 3.63) is 66.6 Å². The minimum atomic E-state index is -0.342. The number of pyridine rings is 1. The third-order valence-corrected chi connectivity index (χ3v) is 6.69. The van der Waals surface area contributed by atoms with Crippen molar-refractivity contribution in [1.29, 1.82) is 0 Å². The number of nitrogens with one attached hydrogen (secondary N) is 3. The summed E-state index contributed by atoms with van der Waals surface area (Å²) in [7, 11) is 0. The molecule has 1 aliphatic heterocycles. The van der Waals surface area contributed by atoms with Gasteiger partial charge in [-0.2, -0.15) is 5.10 Å². The van der Waals surface area contributed by atoms with E-state index in [9.17, 15) is 9.59 Å². The van der Waals surface area contributed by atoms with Crippen LogP contribution in [-0.4, -0.2) is 40.1 Å². The molecule has 2 amide bonds. The van der Waals surface area contributed by atoms with Gasteiger partial charge in [-0.05, 0) is 61.6 Å². The zero-order valence-electron chi connectivity index (χ0n) is 19.3. The Hall–Kier alpha value is -4.20. The van der Waals surface area contributed by atoms with Gasteiger partial charge in [0.25, 0.3) is 5.91 Å². The third kappa shape index (κ3) is 4.35. The van der Waals surface area contributed by atoms with Crippen LogP contribution in [0, 0.1) is 5.92 Å². The summed E-state index contributed by atoms with van der Waals surface area (Å²) in [6, 6.07) is 15.3. The fourth-order valence-electron chi connectivity index (χ4n) is 4.56. The van der Waals surface area contributed by atoms with Crippen molar-refractivity contribution in [1.82, 2.24) is 15.2 Å². The molecule has 35 heavy (non-hydrogen) atoms. The molecule has 0 spiro atoms. The average Bonchev–Trinajstić information content (AvgIpc) is 3.42. The van der Waals surface area contributed by atoms with E-state index in [-0.39, 0.29) is 17.7 Å². The van der Waals surface area contributed by atoms with Gasteiger partial charge in [0.05, 0.1) is 28.8 Å². The maximum Gasteiger partial charge on any atom is 0.276 e. The first-order valence-corrected chi connectivity index (χ1v) is 12.1. The number of hydrogen-bond acceptors (Lipinski definition) is 5. The van der Waals surface area contributed by atoms with Crippen LogP contribution in [0.5, 0.6) is 0 Å². The molecule has 1 saturated carbocycles. The number of hydrogen-bond donors (Lipinski definition) is 3. The molecule has 3 N–H and O–H groups in total. The predicted octanol–water partition coefficient (Wildman–Crippen LogP) is 4.83. The molecule has 2 fully saturated rings. The molecule has 3 heterocycles. The normalized spacial score (nSPS) is 15.4. The average molecular weight is 467 g/mol. The van der Waals surface area contributed by atoms with Gasteiger partial charge in [-0.25, -0.2) is 0 Å². The van der Waals surface area contributed by atoms with Gasteiger partial charge in [-0.15, -0.1) is 0 Å². The number of amides is 2. The summed E-state index contributed by atoms with van der Waals surface area (Å²) in [6.07, 6.45) is 7.99. The number of H-pyrrole nitrogens is 1. The maximum atomic E-state index is 13.2. The molecule has 2 aromatic carbocycles. The SMILES string of the molecule is O=C(Nc1ccccc1NC(=O)C1CC1)c1n[nH]c2ccc(-c3cncc(N4CCCC4)c3)cc12. The Labute approximate surface area is 202 Å². The fourth-order valence-corrected chi connectivity index (χ4v) is 4.56. The van der Waals surface area contributed by atoms with Crippen LogP contribution in [0.25, 0.3) is 22.0 Å². The molecule has 8 heteroatoms. The molecule has 2 aromatic heterocycles. The van der Waals surface area contributed by atoms with E-state index < -0.39 is 0 Å². The van der Waals surface area contributed by atoms with Crippen LogP contribution in [-0.2, 0) is 4.79 Å². The number of carbonyl (C=O) groups is 2. The zero-order chi connectivity index (χ0) is 23.8. The van der Waals surface area contributed by atoms with Crippen LogP contribution in [0.3, 0.4) is 0 Å². The van der Waals surface area contributed by atoms with Crippen molar-refractivity contribution in [2.24, 2.45) is 5.92 Å². The first kappa shape index (κ1) is 21.3. The molecular formula is C27H26N6O2. The standard InChI is InChI=1S/C27H26N6O2/c34-26(17-7-8-17)29-23-5-1-2-6-24(23)30-27(35)25-21-14-18(9-10-22(21)31-32-25)19-13-20(16-28-15-19)33-11-3-4-12-33/h1-2,5-6,9-10,13-17H,3-4,7-8,11-12H2,(H,29,34)(H,30,35)(H,31,32). The number of rotatable bonds is 6. The predicted molar refractivity (Wildman–Crippen MR) is 137 cm³/mol. The van der Waals surface area contributed by atoms with E-state index in [1.807, 2.05) is 42.7 Å². The van der Waals surface area contributed by atoms with Crippen molar-refractivity contribution in [3.8, 4) is 11.1 Å². The summed E-state index contributed by atoms with van der Waals surface area (Å²) >= 11 is 0. The van der Waals surface area contributed by atoms with Crippen molar-refractivity contribution >= 4 is 39.8 Å². The van der Waals surface area contributed by atoms with Crippen molar-refractivity contribution in [3.63, 3.8) is 0 Å². The quantitative estimate of drug-likeness (QED) is 0.378. The van der Waals surface area contributed by atoms with Crippen molar-refractivity contribution in [2.75, 3.05) is 28.6 Å². The summed E-state index contributed by atoms with van der Waals surface area (Å²) in [4.78, 5) is 32.3. The number of benzene rings is 2. The number of para-hydroxylation sites is 2. The highest BCUT2D eigenvalue weighted by molar-refractivity contribution is 6.13. The second-order valence-electron chi connectivity index (χ2n) is 9.22. The largest absolute Gasteiger partial charge is 0.370 e. The summed E-state index contributed by atoms with van der Waals surface area (Å²) < 4.78 is 0. The summed E-state index contributed by atoms with van der Waals surface area (Å²) in [5.74, 6) is -0.275.